The fourth-order valence-corrected chi connectivity index (χ4v) is 3.37. The number of nitrogens with one attached hydrogen (secondary N) is 1. The molecule has 0 bridgehead atoms. The van der Waals surface area contributed by atoms with Crippen LogP contribution < -0.4 is 5.32 Å². The van der Waals surface area contributed by atoms with Crippen molar-refractivity contribution in [2.45, 2.75) is 31.7 Å². The minimum Gasteiger partial charge on any atom is -0.345 e. The molecule has 0 radical (unpaired) electrons. The van der Waals surface area contributed by atoms with Crippen LogP contribution in [0.1, 0.15) is 42.9 Å². The van der Waals surface area contributed by atoms with Crippen LogP contribution >= 0.6 is 11.6 Å². The summed E-state index contributed by atoms with van der Waals surface area (Å²) in [5.74, 6) is 0.0716. The lowest BCUT2D eigenvalue weighted by Gasteiger charge is -2.26. The molecule has 3 rings (SSSR count). The number of piperidine rings is 1. The van der Waals surface area contributed by atoms with E-state index in [1.807, 2.05) is 36.4 Å². The van der Waals surface area contributed by atoms with E-state index in [1.54, 1.807) is 12.4 Å². The second-order valence-corrected chi connectivity index (χ2v) is 6.92. The number of aromatic nitrogens is 1. The third-order valence-electron chi connectivity index (χ3n) is 4.65. The van der Waals surface area contributed by atoms with Crippen molar-refractivity contribution in [1.82, 2.24) is 15.2 Å². The third kappa shape index (κ3) is 5.28. The van der Waals surface area contributed by atoms with E-state index in [4.69, 9.17) is 11.6 Å². The third-order valence-corrected chi connectivity index (χ3v) is 4.90. The number of amides is 1. The zero-order valence-electron chi connectivity index (χ0n) is 14.3. The summed E-state index contributed by atoms with van der Waals surface area (Å²) < 4.78 is 0. The van der Waals surface area contributed by atoms with Gasteiger partial charge in [-0.1, -0.05) is 30.2 Å². The minimum atomic E-state index is -0.186. The van der Waals surface area contributed by atoms with Gasteiger partial charge in [-0.2, -0.15) is 0 Å². The second kappa shape index (κ2) is 8.97. The maximum Gasteiger partial charge on any atom is 0.222 e. The van der Waals surface area contributed by atoms with E-state index >= 15 is 0 Å². The molecule has 1 fully saturated rings. The van der Waals surface area contributed by atoms with Gasteiger partial charge < -0.3 is 10.2 Å². The molecule has 2 heterocycles. The molecule has 0 spiro atoms. The van der Waals surface area contributed by atoms with Gasteiger partial charge in [-0.3, -0.25) is 9.78 Å². The van der Waals surface area contributed by atoms with Crippen LogP contribution in [0.25, 0.3) is 0 Å². The standard InChI is InChI=1S/C20H24ClN3O/c21-18-6-4-16(5-7-18)20(17-8-11-22-12-9-17)23-19(25)10-15-24-13-2-1-3-14-24/h4-9,11-12,20H,1-3,10,13-15H2,(H,23,25)/t20-/m1/s1. The fraction of sp³-hybridized carbons (Fsp3) is 0.400. The molecule has 1 aliphatic rings. The van der Waals surface area contributed by atoms with Gasteiger partial charge in [0, 0.05) is 30.4 Å². The molecule has 0 unspecified atom stereocenters. The second-order valence-electron chi connectivity index (χ2n) is 6.48. The average Bonchev–Trinajstić information content (AvgIpc) is 2.67. The Hall–Kier alpha value is -1.91. The summed E-state index contributed by atoms with van der Waals surface area (Å²) in [5.41, 5.74) is 2.03. The van der Waals surface area contributed by atoms with E-state index in [1.165, 1.54) is 19.3 Å². The van der Waals surface area contributed by atoms with Gasteiger partial charge in [0.2, 0.25) is 5.91 Å². The Morgan fingerprint density at radius 1 is 1.04 bits per heavy atom. The SMILES string of the molecule is O=C(CCN1CCCCC1)N[C@@H](c1ccncc1)c1ccc(Cl)cc1. The summed E-state index contributed by atoms with van der Waals surface area (Å²) in [6.45, 7) is 3.05. The molecule has 1 aromatic heterocycles. The van der Waals surface area contributed by atoms with Gasteiger partial charge in [0.15, 0.2) is 0 Å². The highest BCUT2D eigenvalue weighted by Crippen LogP contribution is 2.23. The zero-order chi connectivity index (χ0) is 17.5. The first-order valence-corrected chi connectivity index (χ1v) is 9.27. The topological polar surface area (TPSA) is 45.2 Å². The first-order chi connectivity index (χ1) is 12.2. The molecule has 1 amide bonds. The minimum absolute atomic E-state index is 0.0716. The number of likely N-dealkylation sites (tertiary alicyclic amines) is 1. The molecule has 1 N–H and O–H groups in total. The molecule has 1 saturated heterocycles. The number of hydrogen-bond acceptors (Lipinski definition) is 3. The van der Waals surface area contributed by atoms with Gasteiger partial charge in [-0.15, -0.1) is 0 Å². The number of hydrogen-bond donors (Lipinski definition) is 1. The Morgan fingerprint density at radius 2 is 1.68 bits per heavy atom. The van der Waals surface area contributed by atoms with Gasteiger partial charge in [0.1, 0.15) is 0 Å². The highest BCUT2D eigenvalue weighted by Gasteiger charge is 2.18. The van der Waals surface area contributed by atoms with Crippen LogP contribution in [0.4, 0.5) is 0 Å². The maximum atomic E-state index is 12.5. The van der Waals surface area contributed by atoms with Crippen molar-refractivity contribution >= 4 is 17.5 Å². The van der Waals surface area contributed by atoms with E-state index in [0.29, 0.717) is 11.4 Å². The quantitative estimate of drug-likeness (QED) is 0.854. The van der Waals surface area contributed by atoms with E-state index in [0.717, 1.165) is 30.8 Å². The number of halogens is 1. The highest BCUT2D eigenvalue weighted by molar-refractivity contribution is 6.30. The number of benzene rings is 1. The van der Waals surface area contributed by atoms with E-state index < -0.39 is 0 Å². The molecule has 1 aromatic carbocycles. The number of carbonyl (C=O) groups excluding carboxylic acids is 1. The van der Waals surface area contributed by atoms with Gasteiger partial charge in [-0.25, -0.2) is 0 Å². The lowest BCUT2D eigenvalue weighted by Crippen LogP contribution is -2.35. The van der Waals surface area contributed by atoms with Crippen LogP contribution in [-0.2, 0) is 4.79 Å². The fourth-order valence-electron chi connectivity index (χ4n) is 3.25. The Morgan fingerprint density at radius 3 is 2.36 bits per heavy atom. The van der Waals surface area contributed by atoms with Crippen molar-refractivity contribution in [3.8, 4) is 0 Å². The maximum absolute atomic E-state index is 12.5. The summed E-state index contributed by atoms with van der Waals surface area (Å²) in [5, 5.41) is 3.86. The molecule has 1 atom stereocenters. The Balaban J connectivity index is 1.66. The molecular formula is C20H24ClN3O. The first-order valence-electron chi connectivity index (χ1n) is 8.89. The molecule has 0 aliphatic carbocycles. The molecule has 2 aromatic rings. The highest BCUT2D eigenvalue weighted by atomic mass is 35.5. The smallest absolute Gasteiger partial charge is 0.222 e. The number of rotatable bonds is 6. The lowest BCUT2D eigenvalue weighted by atomic mass is 9.99. The molecule has 1 aliphatic heterocycles. The van der Waals surface area contributed by atoms with Crippen LogP contribution in [0.2, 0.25) is 5.02 Å². The predicted octanol–water partition coefficient (Wildman–Crippen LogP) is 3.82. The van der Waals surface area contributed by atoms with E-state index in [2.05, 4.69) is 15.2 Å². The summed E-state index contributed by atoms with van der Waals surface area (Å²) in [6, 6.07) is 11.3. The summed E-state index contributed by atoms with van der Waals surface area (Å²) in [7, 11) is 0. The summed E-state index contributed by atoms with van der Waals surface area (Å²) in [6.07, 6.45) is 7.81. The Labute approximate surface area is 154 Å². The van der Waals surface area contributed by atoms with E-state index in [-0.39, 0.29) is 11.9 Å². The van der Waals surface area contributed by atoms with Crippen LogP contribution in [0.15, 0.2) is 48.8 Å². The molecule has 25 heavy (non-hydrogen) atoms. The Kier molecular flexibility index (Phi) is 6.42. The lowest BCUT2D eigenvalue weighted by molar-refractivity contribution is -0.122. The number of carbonyl (C=O) groups is 1. The Bertz CT molecular complexity index is 669. The zero-order valence-corrected chi connectivity index (χ0v) is 15.1. The van der Waals surface area contributed by atoms with Crippen LogP contribution in [-0.4, -0.2) is 35.4 Å². The van der Waals surface area contributed by atoms with Crippen molar-refractivity contribution < 1.29 is 4.79 Å². The van der Waals surface area contributed by atoms with Crippen LogP contribution in [0.5, 0.6) is 0 Å². The molecule has 132 valence electrons. The molecular weight excluding hydrogens is 334 g/mol. The first kappa shape index (κ1) is 17.9. The van der Waals surface area contributed by atoms with Gasteiger partial charge in [0.25, 0.3) is 0 Å². The number of nitrogens with zero attached hydrogens (tertiary/aromatic N) is 2. The van der Waals surface area contributed by atoms with Crippen LogP contribution in [0, 0.1) is 0 Å². The van der Waals surface area contributed by atoms with Gasteiger partial charge in [-0.05, 0) is 61.3 Å². The summed E-state index contributed by atoms with van der Waals surface area (Å²) >= 11 is 6.00. The molecule has 4 nitrogen and oxygen atoms in total. The molecule has 0 saturated carbocycles. The molecule has 5 heteroatoms. The number of pyridine rings is 1. The van der Waals surface area contributed by atoms with Crippen molar-refractivity contribution in [2.75, 3.05) is 19.6 Å². The average molecular weight is 358 g/mol. The largest absolute Gasteiger partial charge is 0.345 e. The van der Waals surface area contributed by atoms with Crippen LogP contribution in [0.3, 0.4) is 0 Å². The van der Waals surface area contributed by atoms with Crippen molar-refractivity contribution in [3.05, 3.63) is 64.9 Å². The monoisotopic (exact) mass is 357 g/mol. The normalized spacial score (nSPS) is 16.4. The van der Waals surface area contributed by atoms with Crippen molar-refractivity contribution in [2.24, 2.45) is 0 Å². The van der Waals surface area contributed by atoms with Crippen molar-refractivity contribution in [3.63, 3.8) is 0 Å². The van der Waals surface area contributed by atoms with Gasteiger partial charge in [0.05, 0.1) is 6.04 Å². The van der Waals surface area contributed by atoms with E-state index in [9.17, 15) is 4.79 Å². The summed E-state index contributed by atoms with van der Waals surface area (Å²) in [4.78, 5) is 19.0. The van der Waals surface area contributed by atoms with Gasteiger partial charge >= 0.3 is 0 Å². The predicted molar refractivity (Wildman–Crippen MR) is 101 cm³/mol. The van der Waals surface area contributed by atoms with Crippen molar-refractivity contribution in [1.29, 1.82) is 0 Å².